The lowest BCUT2D eigenvalue weighted by Crippen LogP contribution is -2.53. The van der Waals surface area contributed by atoms with Crippen LogP contribution < -0.4 is 11.1 Å². The van der Waals surface area contributed by atoms with E-state index in [2.05, 4.69) is 42.9 Å². The Kier molecular flexibility index (Phi) is 6.57. The molecule has 20 heavy (non-hydrogen) atoms. The van der Waals surface area contributed by atoms with Crippen molar-refractivity contribution < 1.29 is 0 Å². The molecule has 2 aliphatic rings. The number of piperidine rings is 1. The molecule has 0 amide bonds. The number of nitrogens with one attached hydrogen (secondary N) is 1. The molecule has 2 unspecified atom stereocenters. The van der Waals surface area contributed by atoms with Crippen LogP contribution in [0.25, 0.3) is 0 Å². The van der Waals surface area contributed by atoms with Gasteiger partial charge in [-0.05, 0) is 44.9 Å². The smallest absolute Gasteiger partial charge is 0.188 e. The number of nitrogens with two attached hydrogens (primary N) is 1. The quantitative estimate of drug-likeness (QED) is 0.438. The first-order chi connectivity index (χ1) is 8.87. The van der Waals surface area contributed by atoms with Crippen molar-refractivity contribution in [2.75, 3.05) is 19.6 Å². The standard InChI is InChI=1S/C15H30N4.HI/c1-11-7-12(2)9-19(8-11)15(3,4)10-17-14(16)18-13-5-6-13;/h11-13H,5-10H2,1-4H3,(H3,16,17,18);1H. The van der Waals surface area contributed by atoms with Crippen molar-refractivity contribution in [2.45, 2.75) is 58.5 Å². The summed E-state index contributed by atoms with van der Waals surface area (Å²) < 4.78 is 0. The summed E-state index contributed by atoms with van der Waals surface area (Å²) in [6.07, 6.45) is 3.82. The maximum Gasteiger partial charge on any atom is 0.188 e. The summed E-state index contributed by atoms with van der Waals surface area (Å²) in [6.45, 7) is 12.4. The molecule has 0 bridgehead atoms. The van der Waals surface area contributed by atoms with Gasteiger partial charge in [0.1, 0.15) is 0 Å². The summed E-state index contributed by atoms with van der Waals surface area (Å²) in [7, 11) is 0. The maximum atomic E-state index is 5.93. The van der Waals surface area contributed by atoms with E-state index >= 15 is 0 Å². The van der Waals surface area contributed by atoms with Crippen LogP contribution >= 0.6 is 24.0 Å². The van der Waals surface area contributed by atoms with Crippen LogP contribution in [-0.2, 0) is 0 Å². The molecule has 0 aromatic heterocycles. The lowest BCUT2D eigenvalue weighted by molar-refractivity contribution is 0.0513. The van der Waals surface area contributed by atoms with Crippen molar-refractivity contribution in [1.29, 1.82) is 0 Å². The van der Waals surface area contributed by atoms with Crippen LogP contribution in [0.15, 0.2) is 4.99 Å². The minimum absolute atomic E-state index is 0. The van der Waals surface area contributed by atoms with Crippen LogP contribution in [0.1, 0.15) is 47.0 Å². The molecule has 2 atom stereocenters. The third kappa shape index (κ3) is 5.39. The number of hydrogen-bond acceptors (Lipinski definition) is 2. The zero-order valence-corrected chi connectivity index (χ0v) is 15.7. The summed E-state index contributed by atoms with van der Waals surface area (Å²) in [5.74, 6) is 2.19. The van der Waals surface area contributed by atoms with E-state index in [4.69, 9.17) is 5.73 Å². The van der Waals surface area contributed by atoms with Crippen molar-refractivity contribution in [3.8, 4) is 0 Å². The highest BCUT2D eigenvalue weighted by Gasteiger charge is 2.32. The second-order valence-corrected chi connectivity index (χ2v) is 7.28. The van der Waals surface area contributed by atoms with Crippen molar-refractivity contribution in [3.05, 3.63) is 0 Å². The van der Waals surface area contributed by atoms with Gasteiger partial charge in [0, 0.05) is 24.7 Å². The molecule has 118 valence electrons. The normalized spacial score (nSPS) is 28.9. The van der Waals surface area contributed by atoms with Gasteiger partial charge in [-0.2, -0.15) is 0 Å². The van der Waals surface area contributed by atoms with Crippen LogP contribution in [0.4, 0.5) is 0 Å². The van der Waals surface area contributed by atoms with Crippen LogP contribution in [0.5, 0.6) is 0 Å². The van der Waals surface area contributed by atoms with Crippen LogP contribution in [-0.4, -0.2) is 42.1 Å². The van der Waals surface area contributed by atoms with E-state index in [0.29, 0.717) is 12.0 Å². The Hall–Kier alpha value is -0.0400. The van der Waals surface area contributed by atoms with Crippen LogP contribution in [0.3, 0.4) is 0 Å². The summed E-state index contributed by atoms with van der Waals surface area (Å²) in [5, 5.41) is 3.26. The van der Waals surface area contributed by atoms with Gasteiger partial charge >= 0.3 is 0 Å². The average molecular weight is 394 g/mol. The van der Waals surface area contributed by atoms with Gasteiger partial charge in [0.15, 0.2) is 5.96 Å². The zero-order valence-electron chi connectivity index (χ0n) is 13.4. The summed E-state index contributed by atoms with van der Waals surface area (Å²) in [6, 6.07) is 0.585. The SMILES string of the molecule is CC1CC(C)CN(C(C)(C)CN=C(N)NC2CC2)C1.I. The molecule has 1 heterocycles. The van der Waals surface area contributed by atoms with Gasteiger partial charge in [-0.3, -0.25) is 9.89 Å². The lowest BCUT2D eigenvalue weighted by atomic mass is 9.88. The number of rotatable bonds is 4. The predicted octanol–water partition coefficient (Wildman–Crippen LogP) is 2.43. The molecular formula is C15H31IN4. The van der Waals surface area contributed by atoms with Crippen LogP contribution in [0, 0.1) is 11.8 Å². The van der Waals surface area contributed by atoms with E-state index in [1.165, 1.54) is 32.4 Å². The van der Waals surface area contributed by atoms with E-state index in [1.54, 1.807) is 0 Å². The third-order valence-electron chi connectivity index (χ3n) is 4.29. The molecule has 0 aromatic rings. The van der Waals surface area contributed by atoms with E-state index in [9.17, 15) is 0 Å². The minimum atomic E-state index is 0. The predicted molar refractivity (Wildman–Crippen MR) is 96.7 cm³/mol. The first kappa shape index (κ1) is 18.0. The van der Waals surface area contributed by atoms with E-state index in [0.717, 1.165) is 18.4 Å². The Morgan fingerprint density at radius 3 is 2.30 bits per heavy atom. The second kappa shape index (κ2) is 7.29. The van der Waals surface area contributed by atoms with Crippen molar-refractivity contribution in [2.24, 2.45) is 22.6 Å². The highest BCUT2D eigenvalue weighted by Crippen LogP contribution is 2.27. The molecule has 1 aliphatic heterocycles. The minimum Gasteiger partial charge on any atom is -0.370 e. The van der Waals surface area contributed by atoms with E-state index in [-0.39, 0.29) is 29.5 Å². The number of hydrogen-bond donors (Lipinski definition) is 2. The highest BCUT2D eigenvalue weighted by molar-refractivity contribution is 14.0. The first-order valence-electron chi connectivity index (χ1n) is 7.68. The van der Waals surface area contributed by atoms with Gasteiger partial charge in [0.05, 0.1) is 6.54 Å². The van der Waals surface area contributed by atoms with Gasteiger partial charge in [-0.15, -0.1) is 24.0 Å². The number of aliphatic imine (C=N–C) groups is 1. The topological polar surface area (TPSA) is 53.6 Å². The fraction of sp³-hybridized carbons (Fsp3) is 0.933. The van der Waals surface area contributed by atoms with Gasteiger partial charge < -0.3 is 11.1 Å². The number of guanidine groups is 1. The first-order valence-corrected chi connectivity index (χ1v) is 7.68. The molecule has 5 heteroatoms. The summed E-state index contributed by atoms with van der Waals surface area (Å²) >= 11 is 0. The zero-order chi connectivity index (χ0) is 14.0. The molecular weight excluding hydrogens is 363 g/mol. The molecule has 0 spiro atoms. The molecule has 0 radical (unpaired) electrons. The molecule has 0 aromatic carbocycles. The molecule has 1 aliphatic carbocycles. The monoisotopic (exact) mass is 394 g/mol. The number of halogens is 1. The Morgan fingerprint density at radius 2 is 1.80 bits per heavy atom. The van der Waals surface area contributed by atoms with Crippen molar-refractivity contribution >= 4 is 29.9 Å². The summed E-state index contributed by atoms with van der Waals surface area (Å²) in [4.78, 5) is 7.13. The number of likely N-dealkylation sites (tertiary alicyclic amines) is 1. The van der Waals surface area contributed by atoms with E-state index < -0.39 is 0 Å². The van der Waals surface area contributed by atoms with Crippen LogP contribution in [0.2, 0.25) is 0 Å². The van der Waals surface area contributed by atoms with Crippen molar-refractivity contribution in [3.63, 3.8) is 0 Å². The molecule has 1 saturated heterocycles. The second-order valence-electron chi connectivity index (χ2n) is 7.28. The molecule has 2 fully saturated rings. The third-order valence-corrected chi connectivity index (χ3v) is 4.29. The molecule has 4 nitrogen and oxygen atoms in total. The Morgan fingerprint density at radius 1 is 1.25 bits per heavy atom. The molecule has 1 saturated carbocycles. The van der Waals surface area contributed by atoms with Gasteiger partial charge in [-0.25, -0.2) is 0 Å². The molecule has 2 rings (SSSR count). The fourth-order valence-corrected chi connectivity index (χ4v) is 3.02. The molecule has 3 N–H and O–H groups in total. The number of nitrogens with zero attached hydrogens (tertiary/aromatic N) is 2. The Labute approximate surface area is 141 Å². The van der Waals surface area contributed by atoms with Crippen molar-refractivity contribution in [1.82, 2.24) is 10.2 Å². The van der Waals surface area contributed by atoms with Gasteiger partial charge in [0.25, 0.3) is 0 Å². The fourth-order valence-electron chi connectivity index (χ4n) is 3.02. The Balaban J connectivity index is 0.00000200. The van der Waals surface area contributed by atoms with E-state index in [1.807, 2.05) is 0 Å². The largest absolute Gasteiger partial charge is 0.370 e. The Bertz CT molecular complexity index is 329. The summed E-state index contributed by atoms with van der Waals surface area (Å²) in [5.41, 5.74) is 6.02. The van der Waals surface area contributed by atoms with Gasteiger partial charge in [-0.1, -0.05) is 13.8 Å². The highest BCUT2D eigenvalue weighted by atomic mass is 127. The lowest BCUT2D eigenvalue weighted by Gasteiger charge is -2.44. The average Bonchev–Trinajstić information content (AvgIpc) is 3.09. The van der Waals surface area contributed by atoms with Gasteiger partial charge in [0.2, 0.25) is 0 Å². The maximum absolute atomic E-state index is 5.93.